The van der Waals surface area contributed by atoms with E-state index in [2.05, 4.69) is 0 Å². The lowest BCUT2D eigenvalue weighted by Gasteiger charge is -2.35. The molecule has 0 saturated carbocycles. The number of anilines is 1. The number of amides is 1. The predicted octanol–water partition coefficient (Wildman–Crippen LogP) is 2.18. The van der Waals surface area contributed by atoms with Crippen LogP contribution in [-0.4, -0.2) is 36.1 Å². The summed E-state index contributed by atoms with van der Waals surface area (Å²) in [7, 11) is 0. The summed E-state index contributed by atoms with van der Waals surface area (Å²) < 4.78 is 11.0. The highest BCUT2D eigenvalue weighted by molar-refractivity contribution is 5.90. The van der Waals surface area contributed by atoms with Crippen LogP contribution in [0.5, 0.6) is 5.75 Å². The van der Waals surface area contributed by atoms with Crippen molar-refractivity contribution in [2.24, 2.45) is 0 Å². The summed E-state index contributed by atoms with van der Waals surface area (Å²) >= 11 is 0. The van der Waals surface area contributed by atoms with Gasteiger partial charge in [0.2, 0.25) is 0 Å². The largest absolute Gasteiger partial charge is 0.484 e. The van der Waals surface area contributed by atoms with E-state index in [-0.39, 0.29) is 13.2 Å². The van der Waals surface area contributed by atoms with Crippen LogP contribution in [0.2, 0.25) is 0 Å². The third-order valence-electron chi connectivity index (χ3n) is 2.65. The van der Waals surface area contributed by atoms with Crippen LogP contribution >= 0.6 is 0 Å². The van der Waals surface area contributed by atoms with Gasteiger partial charge in [-0.3, -0.25) is 4.90 Å². The molecule has 1 atom stereocenters. The first kappa shape index (κ1) is 13.7. The molecule has 0 aliphatic carbocycles. The standard InChI is InChI=1S/C14H19NO4/c1-14(2,3)19-13(17)15-8-10(9-16)18-12-7-5-4-6-11(12)15/h4-7,10,16H,8-9H2,1-3H3. The van der Waals surface area contributed by atoms with Crippen LogP contribution in [0.15, 0.2) is 24.3 Å². The van der Waals surface area contributed by atoms with E-state index in [9.17, 15) is 9.90 Å². The fourth-order valence-corrected chi connectivity index (χ4v) is 1.88. The molecule has 1 aliphatic rings. The molecule has 1 heterocycles. The van der Waals surface area contributed by atoms with Crippen molar-refractivity contribution >= 4 is 11.8 Å². The first-order valence-corrected chi connectivity index (χ1v) is 6.28. The number of para-hydroxylation sites is 2. The van der Waals surface area contributed by atoms with E-state index in [1.165, 1.54) is 4.90 Å². The van der Waals surface area contributed by atoms with Crippen LogP contribution in [0.1, 0.15) is 20.8 Å². The summed E-state index contributed by atoms with van der Waals surface area (Å²) in [5.74, 6) is 0.582. The zero-order valence-electron chi connectivity index (χ0n) is 11.4. The highest BCUT2D eigenvalue weighted by Crippen LogP contribution is 2.33. The maximum absolute atomic E-state index is 12.2. The molecule has 0 fully saturated rings. The third kappa shape index (κ3) is 3.17. The highest BCUT2D eigenvalue weighted by Gasteiger charge is 2.32. The zero-order valence-corrected chi connectivity index (χ0v) is 11.4. The fraction of sp³-hybridized carbons (Fsp3) is 0.500. The number of fused-ring (bicyclic) bond motifs is 1. The van der Waals surface area contributed by atoms with E-state index in [0.29, 0.717) is 11.4 Å². The minimum Gasteiger partial charge on any atom is -0.484 e. The Balaban J connectivity index is 2.27. The maximum Gasteiger partial charge on any atom is 0.415 e. The Hall–Kier alpha value is -1.75. The summed E-state index contributed by atoms with van der Waals surface area (Å²) in [5, 5.41) is 9.24. The van der Waals surface area contributed by atoms with Gasteiger partial charge in [-0.05, 0) is 32.9 Å². The summed E-state index contributed by atoms with van der Waals surface area (Å²) in [5.41, 5.74) is 0.112. The highest BCUT2D eigenvalue weighted by atomic mass is 16.6. The molecule has 0 aromatic heterocycles. The number of benzene rings is 1. The Morgan fingerprint density at radius 2 is 2.16 bits per heavy atom. The summed E-state index contributed by atoms with van der Waals surface area (Å²) in [6.45, 7) is 5.60. The van der Waals surface area contributed by atoms with Crippen LogP contribution in [-0.2, 0) is 4.74 Å². The van der Waals surface area contributed by atoms with E-state index >= 15 is 0 Å². The average Bonchev–Trinajstić information content (AvgIpc) is 2.35. The molecule has 1 N–H and O–H groups in total. The predicted molar refractivity (Wildman–Crippen MR) is 71.5 cm³/mol. The Morgan fingerprint density at radius 3 is 2.79 bits per heavy atom. The number of hydrogen-bond acceptors (Lipinski definition) is 4. The van der Waals surface area contributed by atoms with Crippen molar-refractivity contribution in [3.63, 3.8) is 0 Å². The van der Waals surface area contributed by atoms with Crippen LogP contribution in [0, 0.1) is 0 Å². The van der Waals surface area contributed by atoms with Crippen molar-refractivity contribution in [1.82, 2.24) is 0 Å². The number of rotatable bonds is 1. The molecule has 5 heteroatoms. The fourth-order valence-electron chi connectivity index (χ4n) is 1.88. The molecule has 5 nitrogen and oxygen atoms in total. The van der Waals surface area contributed by atoms with Gasteiger partial charge >= 0.3 is 6.09 Å². The molecule has 1 aromatic carbocycles. The Labute approximate surface area is 112 Å². The van der Waals surface area contributed by atoms with Gasteiger partial charge in [-0.2, -0.15) is 0 Å². The Kier molecular flexibility index (Phi) is 3.66. The lowest BCUT2D eigenvalue weighted by molar-refractivity contribution is 0.0519. The van der Waals surface area contributed by atoms with E-state index in [0.717, 1.165) is 0 Å². The minimum absolute atomic E-state index is 0.145. The first-order chi connectivity index (χ1) is 8.90. The van der Waals surface area contributed by atoms with E-state index in [1.54, 1.807) is 12.1 Å². The average molecular weight is 265 g/mol. The quantitative estimate of drug-likeness (QED) is 0.845. The summed E-state index contributed by atoms with van der Waals surface area (Å²) in [4.78, 5) is 13.7. The molecule has 104 valence electrons. The van der Waals surface area contributed by atoms with Crippen LogP contribution in [0.25, 0.3) is 0 Å². The first-order valence-electron chi connectivity index (χ1n) is 6.28. The Bertz CT molecular complexity index is 467. The lowest BCUT2D eigenvalue weighted by atomic mass is 10.2. The molecular formula is C14H19NO4. The number of aliphatic hydroxyl groups excluding tert-OH is 1. The van der Waals surface area contributed by atoms with Crippen molar-refractivity contribution in [2.75, 3.05) is 18.1 Å². The lowest BCUT2D eigenvalue weighted by Crippen LogP contribution is -2.47. The van der Waals surface area contributed by atoms with E-state index < -0.39 is 17.8 Å². The molecule has 1 unspecified atom stereocenters. The maximum atomic E-state index is 12.2. The number of carbonyl (C=O) groups is 1. The third-order valence-corrected chi connectivity index (χ3v) is 2.65. The number of carbonyl (C=O) groups excluding carboxylic acids is 1. The molecular weight excluding hydrogens is 246 g/mol. The number of aliphatic hydroxyl groups is 1. The van der Waals surface area contributed by atoms with Gasteiger partial charge in [0.15, 0.2) is 0 Å². The van der Waals surface area contributed by atoms with E-state index in [1.807, 2.05) is 32.9 Å². The molecule has 19 heavy (non-hydrogen) atoms. The van der Waals surface area contributed by atoms with Gasteiger partial charge in [0.1, 0.15) is 17.5 Å². The van der Waals surface area contributed by atoms with Gasteiger partial charge in [0, 0.05) is 0 Å². The smallest absolute Gasteiger partial charge is 0.415 e. The summed E-state index contributed by atoms with van der Waals surface area (Å²) in [6, 6.07) is 7.23. The van der Waals surface area contributed by atoms with Gasteiger partial charge in [-0.15, -0.1) is 0 Å². The van der Waals surface area contributed by atoms with Crippen molar-refractivity contribution in [3.05, 3.63) is 24.3 Å². The van der Waals surface area contributed by atoms with Gasteiger partial charge in [-0.25, -0.2) is 4.79 Å². The number of hydrogen-bond donors (Lipinski definition) is 1. The molecule has 2 rings (SSSR count). The Morgan fingerprint density at radius 1 is 1.47 bits per heavy atom. The van der Waals surface area contributed by atoms with Crippen LogP contribution in [0.4, 0.5) is 10.5 Å². The topological polar surface area (TPSA) is 59.0 Å². The number of nitrogens with zero attached hydrogens (tertiary/aromatic N) is 1. The second-order valence-electron chi connectivity index (χ2n) is 5.48. The zero-order chi connectivity index (χ0) is 14.0. The van der Waals surface area contributed by atoms with Crippen molar-refractivity contribution in [3.8, 4) is 5.75 Å². The molecule has 0 saturated heterocycles. The SMILES string of the molecule is CC(C)(C)OC(=O)N1CC(CO)Oc2ccccc21. The molecule has 1 aliphatic heterocycles. The van der Waals surface area contributed by atoms with Gasteiger partial charge in [0.05, 0.1) is 18.8 Å². The van der Waals surface area contributed by atoms with Crippen molar-refractivity contribution in [1.29, 1.82) is 0 Å². The second kappa shape index (κ2) is 5.09. The monoisotopic (exact) mass is 265 g/mol. The molecule has 1 amide bonds. The summed E-state index contributed by atoms with van der Waals surface area (Å²) in [6.07, 6.45) is -0.857. The van der Waals surface area contributed by atoms with Gasteiger partial charge in [-0.1, -0.05) is 12.1 Å². The minimum atomic E-state index is -0.557. The molecule has 1 aromatic rings. The molecule has 0 radical (unpaired) electrons. The van der Waals surface area contributed by atoms with Crippen molar-refractivity contribution < 1.29 is 19.4 Å². The second-order valence-corrected chi connectivity index (χ2v) is 5.48. The van der Waals surface area contributed by atoms with Crippen molar-refractivity contribution in [2.45, 2.75) is 32.5 Å². The normalized spacial score (nSPS) is 18.5. The van der Waals surface area contributed by atoms with Gasteiger partial charge < -0.3 is 14.6 Å². The van der Waals surface area contributed by atoms with Crippen LogP contribution < -0.4 is 9.64 Å². The molecule has 0 bridgehead atoms. The van der Waals surface area contributed by atoms with Crippen LogP contribution in [0.3, 0.4) is 0 Å². The molecule has 0 spiro atoms. The van der Waals surface area contributed by atoms with Gasteiger partial charge in [0.25, 0.3) is 0 Å². The number of ether oxygens (including phenoxy) is 2. The van der Waals surface area contributed by atoms with E-state index in [4.69, 9.17) is 9.47 Å².